The van der Waals surface area contributed by atoms with Gasteiger partial charge in [0.2, 0.25) is 0 Å². The average Bonchev–Trinajstić information content (AvgIpc) is 2.51. The lowest BCUT2D eigenvalue weighted by molar-refractivity contribution is -0.138. The van der Waals surface area contributed by atoms with Gasteiger partial charge in [0.1, 0.15) is 0 Å². The van der Waals surface area contributed by atoms with E-state index in [4.69, 9.17) is 0 Å². The molecule has 116 valence electrons. The number of benzene rings is 1. The third kappa shape index (κ3) is 2.45. The molecular formula is C21H26O. The first kappa shape index (κ1) is 14.2. The van der Waals surface area contributed by atoms with E-state index in [0.717, 1.165) is 49.0 Å². The Morgan fingerprint density at radius 2 is 1.59 bits per heavy atom. The van der Waals surface area contributed by atoms with Gasteiger partial charge in [-0.25, -0.2) is 0 Å². The summed E-state index contributed by atoms with van der Waals surface area (Å²) in [5.41, 5.74) is 2.51. The Kier molecular flexibility index (Phi) is 3.47. The van der Waals surface area contributed by atoms with Crippen molar-refractivity contribution < 1.29 is 4.79 Å². The van der Waals surface area contributed by atoms with Gasteiger partial charge < -0.3 is 0 Å². The maximum absolute atomic E-state index is 12.9. The maximum Gasteiger partial charge on any atom is 0.161 e. The molecule has 0 atom stereocenters. The summed E-state index contributed by atoms with van der Waals surface area (Å²) in [6.45, 7) is 2.17. The Labute approximate surface area is 133 Å². The van der Waals surface area contributed by atoms with Crippen LogP contribution in [0.4, 0.5) is 0 Å². The summed E-state index contributed by atoms with van der Waals surface area (Å²) in [5.74, 6) is 2.93. The lowest BCUT2D eigenvalue weighted by Crippen LogP contribution is -2.49. The molecule has 4 saturated carbocycles. The van der Waals surface area contributed by atoms with Crippen LogP contribution >= 0.6 is 0 Å². The van der Waals surface area contributed by atoms with Crippen molar-refractivity contribution in [2.75, 3.05) is 0 Å². The second-order valence-electron chi connectivity index (χ2n) is 7.99. The summed E-state index contributed by atoms with van der Waals surface area (Å²) in [7, 11) is 0. The Morgan fingerprint density at radius 3 is 2.09 bits per heavy atom. The Hall–Kier alpha value is -1.37. The third-order valence-corrected chi connectivity index (χ3v) is 6.38. The van der Waals surface area contributed by atoms with E-state index in [1.54, 1.807) is 0 Å². The van der Waals surface area contributed by atoms with Crippen LogP contribution in [-0.4, -0.2) is 5.78 Å². The van der Waals surface area contributed by atoms with Gasteiger partial charge in [0.15, 0.2) is 5.78 Å². The van der Waals surface area contributed by atoms with Gasteiger partial charge in [0.05, 0.1) is 0 Å². The molecule has 0 spiro atoms. The lowest BCUT2D eigenvalue weighted by atomic mass is 9.48. The predicted molar refractivity (Wildman–Crippen MR) is 90.5 cm³/mol. The zero-order chi connectivity index (χ0) is 15.2. The Bertz CT molecular complexity index is 558. The van der Waals surface area contributed by atoms with Gasteiger partial charge in [-0.3, -0.25) is 4.79 Å². The van der Waals surface area contributed by atoms with Crippen molar-refractivity contribution >= 4 is 11.9 Å². The van der Waals surface area contributed by atoms with Crippen molar-refractivity contribution in [2.45, 2.75) is 51.9 Å². The number of hydrogen-bond donors (Lipinski definition) is 0. The quantitative estimate of drug-likeness (QED) is 0.710. The summed E-state index contributed by atoms with van der Waals surface area (Å²) in [6.07, 6.45) is 12.7. The fourth-order valence-corrected chi connectivity index (χ4v) is 5.63. The molecule has 1 nitrogen and oxygen atoms in total. The van der Waals surface area contributed by atoms with Crippen LogP contribution in [0.2, 0.25) is 0 Å². The molecule has 4 fully saturated rings. The average molecular weight is 294 g/mol. The van der Waals surface area contributed by atoms with Crippen molar-refractivity contribution in [1.29, 1.82) is 0 Å². The van der Waals surface area contributed by atoms with Gasteiger partial charge in [0.25, 0.3) is 0 Å². The number of carbonyl (C=O) groups is 1. The minimum Gasteiger partial charge on any atom is -0.294 e. The van der Waals surface area contributed by atoms with E-state index < -0.39 is 0 Å². The van der Waals surface area contributed by atoms with Gasteiger partial charge in [-0.2, -0.15) is 0 Å². The molecule has 0 aromatic heterocycles. The van der Waals surface area contributed by atoms with Crippen molar-refractivity contribution in [3.8, 4) is 0 Å². The largest absolute Gasteiger partial charge is 0.294 e. The highest BCUT2D eigenvalue weighted by atomic mass is 16.1. The highest BCUT2D eigenvalue weighted by molar-refractivity contribution is 5.98. The topological polar surface area (TPSA) is 17.1 Å². The van der Waals surface area contributed by atoms with E-state index in [2.05, 4.69) is 31.2 Å². The first-order valence-corrected chi connectivity index (χ1v) is 8.98. The van der Waals surface area contributed by atoms with E-state index in [-0.39, 0.29) is 5.41 Å². The molecule has 0 heterocycles. The number of hydrogen-bond acceptors (Lipinski definition) is 1. The molecule has 0 amide bonds. The number of aryl methyl sites for hydroxylation is 1. The molecule has 1 aromatic carbocycles. The standard InChI is InChI=1S/C21H26O/c1-2-15-3-5-16(6-4-15)7-8-20(22)21-12-17-9-18(13-21)11-19(10-17)14-21/h3-8,17-19H,2,9-14H2,1H3/b8-7+. The van der Waals surface area contributed by atoms with E-state index >= 15 is 0 Å². The van der Waals surface area contributed by atoms with Gasteiger partial charge >= 0.3 is 0 Å². The minimum absolute atomic E-state index is 0.00854. The predicted octanol–water partition coefficient (Wildman–Crippen LogP) is 5.05. The molecule has 0 unspecified atom stereocenters. The van der Waals surface area contributed by atoms with Crippen LogP contribution in [0.3, 0.4) is 0 Å². The fraction of sp³-hybridized carbons (Fsp3) is 0.571. The lowest BCUT2D eigenvalue weighted by Gasteiger charge is -2.55. The van der Waals surface area contributed by atoms with Crippen LogP contribution in [0.15, 0.2) is 30.3 Å². The molecule has 0 saturated heterocycles. The second kappa shape index (κ2) is 5.37. The van der Waals surface area contributed by atoms with Gasteiger partial charge in [-0.1, -0.05) is 37.3 Å². The van der Waals surface area contributed by atoms with Crippen molar-refractivity contribution in [2.24, 2.45) is 23.2 Å². The minimum atomic E-state index is 0.00854. The van der Waals surface area contributed by atoms with Crippen molar-refractivity contribution in [1.82, 2.24) is 0 Å². The first-order valence-electron chi connectivity index (χ1n) is 8.98. The zero-order valence-electron chi connectivity index (χ0n) is 13.6. The van der Waals surface area contributed by atoms with E-state index in [1.807, 2.05) is 12.2 Å². The van der Waals surface area contributed by atoms with Crippen molar-refractivity contribution in [3.05, 3.63) is 41.5 Å². The fourth-order valence-electron chi connectivity index (χ4n) is 5.63. The van der Waals surface area contributed by atoms with Crippen LogP contribution in [0.25, 0.3) is 6.08 Å². The van der Waals surface area contributed by atoms with Gasteiger partial charge in [-0.05, 0) is 79.9 Å². The normalized spacial score (nSPS) is 36.1. The second-order valence-corrected chi connectivity index (χ2v) is 7.99. The van der Waals surface area contributed by atoms with Gasteiger partial charge in [0, 0.05) is 5.41 Å². The zero-order valence-corrected chi connectivity index (χ0v) is 13.6. The molecule has 22 heavy (non-hydrogen) atoms. The Balaban J connectivity index is 1.50. The molecule has 4 aliphatic rings. The highest BCUT2D eigenvalue weighted by Gasteiger charge is 2.53. The van der Waals surface area contributed by atoms with Crippen LogP contribution in [0.5, 0.6) is 0 Å². The SMILES string of the molecule is CCc1ccc(/C=C/C(=O)C23CC4CC(CC(C4)C2)C3)cc1. The van der Waals surface area contributed by atoms with Crippen LogP contribution in [-0.2, 0) is 11.2 Å². The number of allylic oxidation sites excluding steroid dienone is 1. The molecule has 1 heteroatoms. The van der Waals surface area contributed by atoms with Crippen LogP contribution in [0.1, 0.15) is 56.6 Å². The molecule has 0 N–H and O–H groups in total. The molecule has 1 aromatic rings. The van der Waals surface area contributed by atoms with Crippen molar-refractivity contribution in [3.63, 3.8) is 0 Å². The molecule has 4 bridgehead atoms. The van der Waals surface area contributed by atoms with Crippen LogP contribution in [0, 0.1) is 23.2 Å². The molecule has 5 rings (SSSR count). The molecule has 0 radical (unpaired) electrons. The molecule has 0 aliphatic heterocycles. The summed E-state index contributed by atoms with van der Waals surface area (Å²) in [6, 6.07) is 8.58. The van der Waals surface area contributed by atoms with Gasteiger partial charge in [-0.15, -0.1) is 0 Å². The van der Waals surface area contributed by atoms with E-state index in [9.17, 15) is 4.79 Å². The molecule has 4 aliphatic carbocycles. The summed E-state index contributed by atoms with van der Waals surface area (Å²) < 4.78 is 0. The summed E-state index contributed by atoms with van der Waals surface area (Å²) in [4.78, 5) is 12.9. The smallest absolute Gasteiger partial charge is 0.161 e. The monoisotopic (exact) mass is 294 g/mol. The van der Waals surface area contributed by atoms with E-state index in [0.29, 0.717) is 5.78 Å². The van der Waals surface area contributed by atoms with Crippen LogP contribution < -0.4 is 0 Å². The Morgan fingerprint density at radius 1 is 1.05 bits per heavy atom. The number of rotatable bonds is 4. The third-order valence-electron chi connectivity index (χ3n) is 6.38. The summed E-state index contributed by atoms with van der Waals surface area (Å²) >= 11 is 0. The first-order chi connectivity index (χ1) is 10.7. The number of ketones is 1. The number of carbonyl (C=O) groups excluding carboxylic acids is 1. The summed E-state index contributed by atoms with van der Waals surface area (Å²) in [5, 5.41) is 0. The maximum atomic E-state index is 12.9. The van der Waals surface area contributed by atoms with E-state index in [1.165, 1.54) is 24.8 Å². The molecular weight excluding hydrogens is 268 g/mol. The highest BCUT2D eigenvalue weighted by Crippen LogP contribution is 2.60.